The molecule has 1 rings (SSSR count). The summed E-state index contributed by atoms with van der Waals surface area (Å²) in [6, 6.07) is 0. The van der Waals surface area contributed by atoms with Crippen LogP contribution in [0.5, 0.6) is 0 Å². The summed E-state index contributed by atoms with van der Waals surface area (Å²) in [4.78, 5) is 9.64. The van der Waals surface area contributed by atoms with Gasteiger partial charge in [-0.2, -0.15) is 5.21 Å². The molecule has 1 aromatic rings. The number of nitro groups is 1. The molecule has 0 aliphatic carbocycles. The first kappa shape index (κ1) is 9.84. The zero-order valence-corrected chi connectivity index (χ0v) is 9.25. The van der Waals surface area contributed by atoms with Crippen molar-refractivity contribution in [1.82, 2.24) is 20.6 Å². The van der Waals surface area contributed by atoms with Crippen LogP contribution in [-0.4, -0.2) is 74.5 Å². The summed E-state index contributed by atoms with van der Waals surface area (Å²) in [5.41, 5.74) is 1.69. The molecular weight excluding hydrogens is 265 g/mol. The molecule has 0 amide bonds. The van der Waals surface area contributed by atoms with Gasteiger partial charge in [-0.05, 0) is 5.21 Å². The minimum absolute atomic E-state index is 0. The average molecular weight is 269 g/mol. The van der Waals surface area contributed by atoms with Gasteiger partial charge in [0.2, 0.25) is 0 Å². The summed E-state index contributed by atoms with van der Waals surface area (Å²) in [6.45, 7) is 0. The molecule has 1 aromatic heterocycles. The number of hydrazine groups is 1. The first-order valence-electron chi connectivity index (χ1n) is 1.93. The van der Waals surface area contributed by atoms with Gasteiger partial charge in [0.15, 0.2) is 5.03 Å². The predicted octanol–water partition coefficient (Wildman–Crippen LogP) is -1.35. The number of hydrogen-bond donors (Lipinski definition) is 2. The predicted molar refractivity (Wildman–Crippen MR) is 32.8 cm³/mol. The van der Waals surface area contributed by atoms with Gasteiger partial charge in [0.1, 0.15) is 0 Å². The Morgan fingerprint density at radius 2 is 2.50 bits per heavy atom. The van der Waals surface area contributed by atoms with Crippen LogP contribution in [0.25, 0.3) is 0 Å². The fourth-order valence-corrected chi connectivity index (χ4v) is 0.291. The van der Waals surface area contributed by atoms with Crippen molar-refractivity contribution < 1.29 is 7.89 Å². The van der Waals surface area contributed by atoms with Crippen LogP contribution in [0.1, 0.15) is 2.85 Å². The number of H-pyrrole nitrogens is 1. The second-order valence-electron chi connectivity index (χ2n) is 1.10. The maximum absolute atomic E-state index is 9.64. The van der Waals surface area contributed by atoms with Gasteiger partial charge in [0, 0.05) is 0 Å². The van der Waals surface area contributed by atoms with E-state index in [9.17, 15) is 10.1 Å². The molecule has 0 bridgehead atoms. The Balaban J connectivity index is -0.000000270. The van der Waals surface area contributed by atoms with E-state index in [-0.39, 0.29) is 57.7 Å². The molecule has 52 valence electrons. The van der Waals surface area contributed by atoms with E-state index in [1.165, 1.54) is 0 Å². The summed E-state index contributed by atoms with van der Waals surface area (Å²) in [5, 5.41) is 20.5. The maximum atomic E-state index is 9.64. The Bertz CT molecular complexity index is 203. The summed E-state index contributed by atoms with van der Waals surface area (Å²) >= 11 is 0. The Morgan fingerprint density at radius 3 is 2.90 bits per heavy atom. The molecule has 8 nitrogen and oxygen atoms in total. The number of rotatable bonds is 2. The van der Waals surface area contributed by atoms with Crippen molar-refractivity contribution in [2.45, 2.75) is 0 Å². The van der Waals surface area contributed by atoms with Crippen LogP contribution >= 0.6 is 0 Å². The number of tetrazole rings is 1. The molecular formula is CH4BaN6O2. The minimum Gasteiger partial charge on any atom is -1.00 e. The van der Waals surface area contributed by atoms with Gasteiger partial charge < -0.3 is 2.85 Å². The van der Waals surface area contributed by atoms with E-state index in [4.69, 9.17) is 0 Å². The van der Waals surface area contributed by atoms with Gasteiger partial charge >= 0.3 is 54.8 Å². The Kier molecular flexibility index (Phi) is 4.55. The molecule has 0 saturated heterocycles. The molecule has 0 radical (unpaired) electrons. The average Bonchev–Trinajstić information content (AvgIpc) is 2.15. The number of anilines is 1. The van der Waals surface area contributed by atoms with E-state index in [0.29, 0.717) is 0 Å². The van der Waals surface area contributed by atoms with Crippen molar-refractivity contribution in [3.8, 4) is 0 Å². The van der Waals surface area contributed by atoms with Gasteiger partial charge in [-0.25, -0.2) is 10.1 Å². The van der Waals surface area contributed by atoms with Crippen LogP contribution in [-0.2, 0) is 0 Å². The molecule has 0 aliphatic heterocycles. The van der Waals surface area contributed by atoms with Crippen LogP contribution < -0.4 is 5.43 Å². The zero-order valence-electron chi connectivity index (χ0n) is 6.81. The zero-order chi connectivity index (χ0) is 6.69. The molecule has 0 unspecified atom stereocenters. The van der Waals surface area contributed by atoms with E-state index in [1.807, 2.05) is 0 Å². The van der Waals surface area contributed by atoms with Gasteiger partial charge in [0.05, 0.1) is 0 Å². The van der Waals surface area contributed by atoms with Crippen molar-refractivity contribution in [2.75, 3.05) is 5.43 Å². The van der Waals surface area contributed by atoms with Crippen LogP contribution in [0, 0.1) is 10.1 Å². The molecule has 0 spiro atoms. The number of hydrogen-bond acceptors (Lipinski definition) is 5. The second-order valence-corrected chi connectivity index (χ2v) is 1.10. The number of aromatic nitrogens is 4. The molecule has 1 heterocycles. The second kappa shape index (κ2) is 4.63. The molecule has 0 aliphatic rings. The third kappa shape index (κ3) is 3.12. The number of nitrogens with one attached hydrogen (secondary N) is 2. The quantitative estimate of drug-likeness (QED) is 0.390. The van der Waals surface area contributed by atoms with Crippen LogP contribution in [0.4, 0.5) is 5.95 Å². The molecule has 0 saturated carbocycles. The summed E-state index contributed by atoms with van der Waals surface area (Å²) in [5.74, 6) is -0.153. The van der Waals surface area contributed by atoms with E-state index >= 15 is 0 Å². The molecule has 10 heavy (non-hydrogen) atoms. The molecule has 0 aromatic carbocycles. The Hall–Kier alpha value is -0.159. The molecule has 9 heteroatoms. The minimum atomic E-state index is -0.773. The fourth-order valence-electron chi connectivity index (χ4n) is 0.291. The topological polar surface area (TPSA) is 110 Å². The molecule has 2 N–H and O–H groups in total. The standard InChI is InChI=1S/CH2N6O2.Ba.2H/c8-7(9)4-1-2-5-6-3-1;;;/h(H2,2,3,4,5,6);;;/q;+2;2*-1. The van der Waals surface area contributed by atoms with Gasteiger partial charge in [-0.3, -0.25) is 0 Å². The molecule has 0 atom stereocenters. The van der Waals surface area contributed by atoms with E-state index in [1.54, 1.807) is 5.43 Å². The third-order valence-corrected chi connectivity index (χ3v) is 0.537. The largest absolute Gasteiger partial charge is 2.00 e. The maximum Gasteiger partial charge on any atom is 2.00 e. The van der Waals surface area contributed by atoms with Crippen molar-refractivity contribution in [3.05, 3.63) is 10.1 Å². The van der Waals surface area contributed by atoms with Gasteiger partial charge in [-0.1, -0.05) is 10.5 Å². The van der Waals surface area contributed by atoms with E-state index in [2.05, 4.69) is 20.6 Å². The van der Waals surface area contributed by atoms with Crippen molar-refractivity contribution in [3.63, 3.8) is 0 Å². The van der Waals surface area contributed by atoms with Crippen LogP contribution in [0.15, 0.2) is 0 Å². The monoisotopic (exact) mass is 270 g/mol. The third-order valence-electron chi connectivity index (χ3n) is 0.537. The first-order chi connectivity index (χ1) is 4.29. The first-order valence-corrected chi connectivity index (χ1v) is 1.93. The van der Waals surface area contributed by atoms with Gasteiger partial charge in [0.25, 0.3) is 0 Å². The summed E-state index contributed by atoms with van der Waals surface area (Å²) in [6.07, 6.45) is 0. The number of nitrogens with zero attached hydrogens (tertiary/aromatic N) is 4. The Morgan fingerprint density at radius 1 is 1.80 bits per heavy atom. The van der Waals surface area contributed by atoms with E-state index in [0.717, 1.165) is 0 Å². The van der Waals surface area contributed by atoms with Gasteiger partial charge in [-0.15, -0.1) is 5.10 Å². The van der Waals surface area contributed by atoms with Crippen molar-refractivity contribution >= 4 is 54.8 Å². The normalized spacial score (nSPS) is 8.00. The van der Waals surface area contributed by atoms with Crippen molar-refractivity contribution in [1.29, 1.82) is 0 Å². The Labute approximate surface area is 97.9 Å². The van der Waals surface area contributed by atoms with Crippen LogP contribution in [0.3, 0.4) is 0 Å². The summed E-state index contributed by atoms with van der Waals surface area (Å²) < 4.78 is 0. The summed E-state index contributed by atoms with van der Waals surface area (Å²) in [7, 11) is 0. The number of aromatic amines is 1. The van der Waals surface area contributed by atoms with Crippen molar-refractivity contribution in [2.24, 2.45) is 0 Å². The van der Waals surface area contributed by atoms with Crippen LogP contribution in [0.2, 0.25) is 0 Å². The van der Waals surface area contributed by atoms with E-state index < -0.39 is 5.03 Å². The smallest absolute Gasteiger partial charge is 1.00 e. The fraction of sp³-hybridized carbons (Fsp3) is 0. The molecule has 0 fully saturated rings. The SMILES string of the molecule is O=[N+]([O-])Nc1nn[nH]n1.[Ba+2].[H-].[H-].